The molecule has 0 saturated heterocycles. The standard InChI is InChI=1S/C46H37NO2S2/c48-51(49)43-19-7-5-17-40(43)46(32-23-29-22-30(25-32)26-33(46)24-29)41-21-20-36(28-44(41)51)47(34-11-2-1-3-12-34)35-13-8-10-31(27-35)37-15-9-16-39-38-14-4-6-18-42(38)50-45(37)39/h1-21,27-30,32-33H,22-26H2. The van der Waals surface area contributed by atoms with Gasteiger partial charge in [0.25, 0.3) is 0 Å². The molecule has 4 fully saturated rings. The van der Waals surface area contributed by atoms with Crippen molar-refractivity contribution in [3.63, 3.8) is 0 Å². The molecule has 0 radical (unpaired) electrons. The Kier molecular flexibility index (Phi) is 6.40. The lowest BCUT2D eigenvalue weighted by Crippen LogP contribution is -2.57. The number of anilines is 3. The second-order valence-electron chi connectivity index (χ2n) is 15.4. The zero-order chi connectivity index (χ0) is 33.9. The van der Waals surface area contributed by atoms with Gasteiger partial charge in [0.1, 0.15) is 0 Å². The van der Waals surface area contributed by atoms with E-state index < -0.39 is 9.84 Å². The summed E-state index contributed by atoms with van der Waals surface area (Å²) >= 11 is 1.84. The van der Waals surface area contributed by atoms with Crippen LogP contribution in [0, 0.1) is 23.7 Å². The van der Waals surface area contributed by atoms with Gasteiger partial charge in [-0.1, -0.05) is 91.0 Å². The van der Waals surface area contributed by atoms with Gasteiger partial charge in [-0.05, 0) is 127 Å². The van der Waals surface area contributed by atoms with Crippen LogP contribution in [0.4, 0.5) is 17.1 Å². The molecule has 2 heterocycles. The van der Waals surface area contributed by atoms with E-state index in [1.165, 1.54) is 57.8 Å². The first-order chi connectivity index (χ1) is 25.0. The lowest BCUT2D eigenvalue weighted by atomic mass is 9.42. The molecule has 7 aromatic rings. The number of hydrogen-bond donors (Lipinski definition) is 0. The minimum atomic E-state index is -3.74. The van der Waals surface area contributed by atoms with E-state index in [2.05, 4.69) is 120 Å². The minimum absolute atomic E-state index is 0.246. The number of nitrogens with zero attached hydrogens (tertiary/aromatic N) is 1. The van der Waals surface area contributed by atoms with Crippen LogP contribution < -0.4 is 4.90 Å². The average Bonchev–Trinajstić information content (AvgIpc) is 3.55. The normalized spacial score (nSPS) is 25.3. The van der Waals surface area contributed by atoms with Crippen molar-refractivity contribution in [3.8, 4) is 11.1 Å². The fraction of sp³-hybridized carbons (Fsp3) is 0.217. The van der Waals surface area contributed by atoms with Gasteiger partial charge in [0.2, 0.25) is 9.84 Å². The second kappa shape index (κ2) is 10.9. The molecule has 4 bridgehead atoms. The fourth-order valence-corrected chi connectivity index (χ4v) is 14.2. The summed E-state index contributed by atoms with van der Waals surface area (Å²) in [5.41, 5.74) is 7.04. The highest BCUT2D eigenvalue weighted by Gasteiger charge is 2.62. The first-order valence-electron chi connectivity index (χ1n) is 18.3. The number of thiophene rings is 1. The molecule has 6 aromatic carbocycles. The number of benzene rings is 6. The van der Waals surface area contributed by atoms with Gasteiger partial charge >= 0.3 is 0 Å². The maximum absolute atomic E-state index is 14.8. The third-order valence-electron chi connectivity index (χ3n) is 12.8. The largest absolute Gasteiger partial charge is 0.310 e. The Hall–Kier alpha value is -4.71. The van der Waals surface area contributed by atoms with Crippen LogP contribution in [0.15, 0.2) is 149 Å². The van der Waals surface area contributed by atoms with Gasteiger partial charge in [0.05, 0.1) is 9.79 Å². The van der Waals surface area contributed by atoms with Gasteiger partial charge < -0.3 is 4.90 Å². The molecule has 0 amide bonds. The Balaban J connectivity index is 1.10. The molecule has 4 saturated carbocycles. The summed E-state index contributed by atoms with van der Waals surface area (Å²) in [4.78, 5) is 3.25. The van der Waals surface area contributed by atoms with Crippen molar-refractivity contribution >= 4 is 58.4 Å². The van der Waals surface area contributed by atoms with E-state index >= 15 is 0 Å². The van der Waals surface area contributed by atoms with E-state index in [-0.39, 0.29) is 5.41 Å². The number of fused-ring (bicyclic) bond motifs is 5. The van der Waals surface area contributed by atoms with Gasteiger partial charge in [-0.15, -0.1) is 11.3 Å². The Morgan fingerprint density at radius 2 is 1.20 bits per heavy atom. The van der Waals surface area contributed by atoms with Crippen LogP contribution in [0.25, 0.3) is 31.3 Å². The third kappa shape index (κ3) is 4.19. The first-order valence-corrected chi connectivity index (χ1v) is 20.6. The van der Waals surface area contributed by atoms with Crippen molar-refractivity contribution in [2.45, 2.75) is 47.3 Å². The molecule has 3 nitrogen and oxygen atoms in total. The van der Waals surface area contributed by atoms with Gasteiger partial charge in [0, 0.05) is 42.6 Å². The van der Waals surface area contributed by atoms with Gasteiger partial charge in [-0.25, -0.2) is 8.42 Å². The lowest BCUT2D eigenvalue weighted by Gasteiger charge is -2.63. The number of para-hydroxylation sites is 1. The summed E-state index contributed by atoms with van der Waals surface area (Å²) in [6.07, 6.45) is 6.18. The van der Waals surface area contributed by atoms with E-state index in [0.29, 0.717) is 21.6 Å². The number of hydrogen-bond acceptors (Lipinski definition) is 4. The highest BCUT2D eigenvalue weighted by Crippen LogP contribution is 2.68. The van der Waals surface area contributed by atoms with Crippen molar-refractivity contribution in [3.05, 3.63) is 151 Å². The van der Waals surface area contributed by atoms with E-state index in [0.717, 1.165) is 45.6 Å². The van der Waals surface area contributed by atoms with Crippen molar-refractivity contribution in [2.75, 3.05) is 4.90 Å². The highest BCUT2D eigenvalue weighted by atomic mass is 32.2. The summed E-state index contributed by atoms with van der Waals surface area (Å²) in [6, 6.07) is 48.7. The van der Waals surface area contributed by atoms with E-state index in [9.17, 15) is 8.42 Å². The van der Waals surface area contributed by atoms with Crippen molar-refractivity contribution in [1.82, 2.24) is 0 Å². The Labute approximate surface area is 303 Å². The van der Waals surface area contributed by atoms with Crippen molar-refractivity contribution < 1.29 is 8.42 Å². The van der Waals surface area contributed by atoms with E-state index in [1.54, 1.807) is 0 Å². The van der Waals surface area contributed by atoms with E-state index in [1.807, 2.05) is 35.6 Å². The summed E-state index contributed by atoms with van der Waals surface area (Å²) in [5, 5.41) is 2.56. The molecule has 1 aliphatic heterocycles. The molecule has 250 valence electrons. The van der Waals surface area contributed by atoms with Crippen LogP contribution in [-0.4, -0.2) is 8.42 Å². The topological polar surface area (TPSA) is 37.4 Å². The van der Waals surface area contributed by atoms with Crippen LogP contribution in [-0.2, 0) is 15.3 Å². The smallest absolute Gasteiger partial charge is 0.207 e. The molecule has 0 atom stereocenters. The average molecular weight is 700 g/mol. The number of sulfone groups is 1. The molecular formula is C46H37NO2S2. The highest BCUT2D eigenvalue weighted by molar-refractivity contribution is 7.91. The number of rotatable bonds is 4. The maximum atomic E-state index is 14.8. The lowest BCUT2D eigenvalue weighted by molar-refractivity contribution is -0.0446. The van der Waals surface area contributed by atoms with Crippen molar-refractivity contribution in [1.29, 1.82) is 0 Å². The SMILES string of the molecule is O=S1(=O)c2ccccc2C2(c3ccc(N(c4ccccc4)c4cccc(-c5cccc6c5sc5ccccc56)c4)cc31)C1CC3CC(C1)CC2C3. The van der Waals surface area contributed by atoms with Crippen LogP contribution in [0.1, 0.15) is 43.2 Å². The van der Waals surface area contributed by atoms with Crippen LogP contribution in [0.2, 0.25) is 0 Å². The van der Waals surface area contributed by atoms with Gasteiger partial charge in [-0.3, -0.25) is 0 Å². The molecule has 0 N–H and O–H groups in total. The quantitative estimate of drug-likeness (QED) is 0.184. The van der Waals surface area contributed by atoms with Gasteiger partial charge in [0.15, 0.2) is 0 Å². The molecule has 4 aliphatic carbocycles. The molecule has 5 heteroatoms. The second-order valence-corrected chi connectivity index (χ2v) is 18.3. The maximum Gasteiger partial charge on any atom is 0.207 e. The Morgan fingerprint density at radius 1 is 0.549 bits per heavy atom. The first kappa shape index (κ1) is 30.0. The molecule has 1 spiro atoms. The molecule has 51 heavy (non-hydrogen) atoms. The summed E-state index contributed by atoms with van der Waals surface area (Å²) in [6.45, 7) is 0. The molecule has 12 rings (SSSR count). The Morgan fingerprint density at radius 3 is 2.02 bits per heavy atom. The van der Waals surface area contributed by atoms with Gasteiger partial charge in [-0.2, -0.15) is 0 Å². The summed E-state index contributed by atoms with van der Waals surface area (Å²) in [5.74, 6) is 2.53. The van der Waals surface area contributed by atoms with Crippen molar-refractivity contribution in [2.24, 2.45) is 23.7 Å². The van der Waals surface area contributed by atoms with Crippen LogP contribution in [0.5, 0.6) is 0 Å². The molecule has 5 aliphatic rings. The monoisotopic (exact) mass is 699 g/mol. The predicted octanol–water partition coefficient (Wildman–Crippen LogP) is 12.1. The summed E-state index contributed by atoms with van der Waals surface area (Å²) < 4.78 is 32.1. The van der Waals surface area contributed by atoms with E-state index in [4.69, 9.17) is 0 Å². The van der Waals surface area contributed by atoms with Crippen LogP contribution in [0.3, 0.4) is 0 Å². The predicted molar refractivity (Wildman–Crippen MR) is 209 cm³/mol. The zero-order valence-electron chi connectivity index (χ0n) is 28.2. The molecule has 0 unspecified atom stereocenters. The van der Waals surface area contributed by atoms with Crippen LogP contribution >= 0.6 is 11.3 Å². The summed E-state index contributed by atoms with van der Waals surface area (Å²) in [7, 11) is -3.74. The molecule has 1 aromatic heterocycles. The molecular weight excluding hydrogens is 663 g/mol. The minimum Gasteiger partial charge on any atom is -0.310 e. The third-order valence-corrected chi connectivity index (χ3v) is 15.9. The Bertz CT molecular complexity index is 2610. The fourth-order valence-electron chi connectivity index (χ4n) is 11.1. The zero-order valence-corrected chi connectivity index (χ0v) is 29.8.